The smallest absolute Gasteiger partial charge is 0.258 e. The fourth-order valence-corrected chi connectivity index (χ4v) is 5.58. The summed E-state index contributed by atoms with van der Waals surface area (Å²) in [5.74, 6) is -0.161. The number of anilines is 1. The van der Waals surface area contributed by atoms with Gasteiger partial charge in [-0.2, -0.15) is 4.31 Å². The Kier molecular flexibility index (Phi) is 5.23. The zero-order chi connectivity index (χ0) is 19.7. The number of nitrogens with zero attached hydrogens (tertiary/aromatic N) is 2. The first-order valence-electron chi connectivity index (χ1n) is 9.63. The molecule has 0 radical (unpaired) electrons. The summed E-state index contributed by atoms with van der Waals surface area (Å²) in [6, 6.07) is 12.9. The number of ether oxygens (including phenoxy) is 1. The molecule has 148 valence electrons. The second-order valence-electron chi connectivity index (χ2n) is 7.03. The van der Waals surface area contributed by atoms with Crippen LogP contribution in [0.4, 0.5) is 5.69 Å². The Hall–Kier alpha value is -2.22. The normalized spacial score (nSPS) is 17.5. The molecular weight excluding hydrogens is 376 g/mol. The lowest BCUT2D eigenvalue weighted by molar-refractivity contribution is 0.0730. The van der Waals surface area contributed by atoms with Crippen molar-refractivity contribution in [1.29, 1.82) is 0 Å². The molecule has 0 spiro atoms. The van der Waals surface area contributed by atoms with E-state index in [1.165, 1.54) is 4.31 Å². The molecule has 0 N–H and O–H groups in total. The van der Waals surface area contributed by atoms with Crippen LogP contribution in [0.15, 0.2) is 47.4 Å². The molecule has 0 bridgehead atoms. The number of carbonyl (C=O) groups excluding carboxylic acids is 1. The lowest BCUT2D eigenvalue weighted by Gasteiger charge is -2.27. The van der Waals surface area contributed by atoms with Gasteiger partial charge in [0.25, 0.3) is 5.91 Å². The highest BCUT2D eigenvalue weighted by molar-refractivity contribution is 7.89. The van der Waals surface area contributed by atoms with Crippen molar-refractivity contribution >= 4 is 21.6 Å². The number of hydrogen-bond acceptors (Lipinski definition) is 4. The molecule has 0 unspecified atom stereocenters. The third-order valence-electron chi connectivity index (χ3n) is 5.42. The number of amides is 1. The fourth-order valence-electron chi connectivity index (χ4n) is 3.85. The van der Waals surface area contributed by atoms with Crippen molar-refractivity contribution in [1.82, 2.24) is 4.31 Å². The van der Waals surface area contributed by atoms with Crippen molar-refractivity contribution in [3.63, 3.8) is 0 Å². The van der Waals surface area contributed by atoms with E-state index in [1.807, 2.05) is 31.2 Å². The highest BCUT2D eigenvalue weighted by Gasteiger charge is 2.30. The van der Waals surface area contributed by atoms with E-state index in [0.29, 0.717) is 44.8 Å². The first-order chi connectivity index (χ1) is 13.5. The van der Waals surface area contributed by atoms with Crippen LogP contribution >= 0.6 is 0 Å². The number of para-hydroxylation sites is 1. The second kappa shape index (κ2) is 7.66. The van der Waals surface area contributed by atoms with Crippen molar-refractivity contribution in [2.24, 2.45) is 0 Å². The quantitative estimate of drug-likeness (QED) is 0.791. The van der Waals surface area contributed by atoms with Crippen LogP contribution in [-0.2, 0) is 27.6 Å². The molecular formula is C21H24N2O4S. The zero-order valence-electron chi connectivity index (χ0n) is 15.9. The minimum Gasteiger partial charge on any atom is -0.379 e. The van der Waals surface area contributed by atoms with Gasteiger partial charge < -0.3 is 9.64 Å². The molecule has 2 aliphatic rings. The molecule has 4 rings (SSSR count). The third-order valence-corrected chi connectivity index (χ3v) is 7.40. The van der Waals surface area contributed by atoms with Crippen LogP contribution in [-0.4, -0.2) is 51.5 Å². The maximum Gasteiger partial charge on any atom is 0.258 e. The van der Waals surface area contributed by atoms with E-state index in [9.17, 15) is 13.2 Å². The van der Waals surface area contributed by atoms with Gasteiger partial charge in [0, 0.05) is 30.9 Å². The number of rotatable bonds is 4. The van der Waals surface area contributed by atoms with E-state index in [0.717, 1.165) is 23.2 Å². The minimum atomic E-state index is -3.66. The highest BCUT2D eigenvalue weighted by atomic mass is 32.2. The number of morpholine rings is 1. The fraction of sp³-hybridized carbons (Fsp3) is 0.381. The first-order valence-corrected chi connectivity index (χ1v) is 11.1. The minimum absolute atomic E-state index is 0.161. The van der Waals surface area contributed by atoms with E-state index >= 15 is 0 Å². The van der Waals surface area contributed by atoms with Crippen LogP contribution in [0.1, 0.15) is 28.4 Å². The largest absolute Gasteiger partial charge is 0.379 e. The standard InChI is InChI=1S/C21H24N2O4S/c1-2-16-7-8-18(15-20(16)28(25,26)22-11-13-27-14-12-22)21(24)23-10-9-17-5-3-4-6-19(17)23/h3-8,15H,2,9-14H2,1H3. The second-order valence-corrected chi connectivity index (χ2v) is 8.93. The Balaban J connectivity index is 1.70. The average Bonchev–Trinajstić information content (AvgIpc) is 3.17. The van der Waals surface area contributed by atoms with Crippen molar-refractivity contribution in [2.45, 2.75) is 24.7 Å². The van der Waals surface area contributed by atoms with Crippen LogP contribution in [0.5, 0.6) is 0 Å². The van der Waals surface area contributed by atoms with Gasteiger partial charge in [0.05, 0.1) is 18.1 Å². The molecule has 0 atom stereocenters. The van der Waals surface area contributed by atoms with Crippen LogP contribution < -0.4 is 4.90 Å². The summed E-state index contributed by atoms with van der Waals surface area (Å²) in [5, 5.41) is 0. The molecule has 6 nitrogen and oxygen atoms in total. The Morgan fingerprint density at radius 3 is 2.57 bits per heavy atom. The van der Waals surface area contributed by atoms with Gasteiger partial charge >= 0.3 is 0 Å². The van der Waals surface area contributed by atoms with E-state index in [2.05, 4.69) is 0 Å². The maximum atomic E-state index is 13.2. The molecule has 2 aromatic rings. The molecule has 2 heterocycles. The van der Waals surface area contributed by atoms with Crippen molar-refractivity contribution in [3.05, 3.63) is 59.2 Å². The molecule has 1 saturated heterocycles. The molecule has 0 saturated carbocycles. The van der Waals surface area contributed by atoms with Gasteiger partial charge in [-0.25, -0.2) is 8.42 Å². The molecule has 7 heteroatoms. The number of aryl methyl sites for hydroxylation is 1. The molecule has 2 aromatic carbocycles. The van der Waals surface area contributed by atoms with E-state index < -0.39 is 10.0 Å². The summed E-state index contributed by atoms with van der Waals surface area (Å²) in [6.45, 7) is 3.99. The topological polar surface area (TPSA) is 66.9 Å². The number of benzene rings is 2. The Labute approximate surface area is 165 Å². The summed E-state index contributed by atoms with van der Waals surface area (Å²) in [5.41, 5.74) is 3.18. The highest BCUT2D eigenvalue weighted by Crippen LogP contribution is 2.30. The molecule has 0 aliphatic carbocycles. The molecule has 1 fully saturated rings. The van der Waals surface area contributed by atoms with E-state index in [1.54, 1.807) is 23.1 Å². The van der Waals surface area contributed by atoms with Crippen LogP contribution in [0.2, 0.25) is 0 Å². The maximum absolute atomic E-state index is 13.2. The molecule has 2 aliphatic heterocycles. The summed E-state index contributed by atoms with van der Waals surface area (Å²) < 4.78 is 33.1. The summed E-state index contributed by atoms with van der Waals surface area (Å²) in [4.78, 5) is 15.1. The van der Waals surface area contributed by atoms with Gasteiger partial charge in [0.2, 0.25) is 10.0 Å². The van der Waals surface area contributed by atoms with Gasteiger partial charge in [-0.1, -0.05) is 31.2 Å². The van der Waals surface area contributed by atoms with E-state index in [-0.39, 0.29) is 10.8 Å². The van der Waals surface area contributed by atoms with Crippen LogP contribution in [0, 0.1) is 0 Å². The van der Waals surface area contributed by atoms with Gasteiger partial charge in [0.1, 0.15) is 0 Å². The summed E-state index contributed by atoms with van der Waals surface area (Å²) >= 11 is 0. The average molecular weight is 401 g/mol. The lowest BCUT2D eigenvalue weighted by atomic mass is 10.1. The number of carbonyl (C=O) groups is 1. The monoisotopic (exact) mass is 400 g/mol. The Morgan fingerprint density at radius 2 is 1.82 bits per heavy atom. The number of hydrogen-bond donors (Lipinski definition) is 0. The zero-order valence-corrected chi connectivity index (χ0v) is 16.7. The Bertz CT molecular complexity index is 997. The third kappa shape index (κ3) is 3.34. The lowest BCUT2D eigenvalue weighted by Crippen LogP contribution is -2.41. The van der Waals surface area contributed by atoms with Gasteiger partial charge in [-0.3, -0.25) is 4.79 Å². The van der Waals surface area contributed by atoms with Gasteiger partial charge in [0.15, 0.2) is 0 Å². The number of fused-ring (bicyclic) bond motifs is 1. The van der Waals surface area contributed by atoms with Crippen molar-refractivity contribution in [2.75, 3.05) is 37.7 Å². The van der Waals surface area contributed by atoms with Gasteiger partial charge in [-0.15, -0.1) is 0 Å². The van der Waals surface area contributed by atoms with Crippen LogP contribution in [0.3, 0.4) is 0 Å². The van der Waals surface area contributed by atoms with Crippen LogP contribution in [0.25, 0.3) is 0 Å². The van der Waals surface area contributed by atoms with Crippen molar-refractivity contribution in [3.8, 4) is 0 Å². The SMILES string of the molecule is CCc1ccc(C(=O)N2CCc3ccccc32)cc1S(=O)(=O)N1CCOCC1. The summed E-state index contributed by atoms with van der Waals surface area (Å²) in [6.07, 6.45) is 1.40. The Morgan fingerprint density at radius 1 is 1.07 bits per heavy atom. The molecule has 0 aromatic heterocycles. The molecule has 28 heavy (non-hydrogen) atoms. The van der Waals surface area contributed by atoms with Crippen molar-refractivity contribution < 1.29 is 17.9 Å². The van der Waals surface area contributed by atoms with E-state index in [4.69, 9.17) is 4.74 Å². The predicted molar refractivity (Wildman–Crippen MR) is 107 cm³/mol. The molecule has 1 amide bonds. The first kappa shape index (κ1) is 19.1. The number of sulfonamides is 1. The summed E-state index contributed by atoms with van der Waals surface area (Å²) in [7, 11) is -3.66. The predicted octanol–water partition coefficient (Wildman–Crippen LogP) is 2.47. The van der Waals surface area contributed by atoms with Gasteiger partial charge in [-0.05, 0) is 42.2 Å².